The molecule has 0 radical (unpaired) electrons. The van der Waals surface area contributed by atoms with Gasteiger partial charge in [0.2, 0.25) is 12.7 Å². The fourth-order valence-electron chi connectivity index (χ4n) is 5.38. The van der Waals surface area contributed by atoms with E-state index in [0.717, 1.165) is 49.9 Å². The zero-order valence-electron chi connectivity index (χ0n) is 22.0. The Morgan fingerprint density at radius 1 is 1.00 bits per heavy atom. The van der Waals surface area contributed by atoms with Crippen LogP contribution in [-0.2, 0) is 9.59 Å². The van der Waals surface area contributed by atoms with Crippen molar-refractivity contribution in [3.05, 3.63) is 53.6 Å². The molecule has 1 fully saturated rings. The van der Waals surface area contributed by atoms with Crippen molar-refractivity contribution in [3.63, 3.8) is 0 Å². The van der Waals surface area contributed by atoms with Gasteiger partial charge in [0.05, 0.1) is 25.6 Å². The number of methoxy groups -OCH3 is 1. The molecule has 1 saturated heterocycles. The highest BCUT2D eigenvalue weighted by molar-refractivity contribution is 5.82. The first-order valence-electron chi connectivity index (χ1n) is 13.2. The maximum atomic E-state index is 13.8. The third kappa shape index (κ3) is 6.01. The Labute approximate surface area is 219 Å². The van der Waals surface area contributed by atoms with Crippen LogP contribution in [0.25, 0.3) is 0 Å². The molecule has 3 atom stereocenters. The van der Waals surface area contributed by atoms with E-state index < -0.39 is 17.9 Å². The highest BCUT2D eigenvalue weighted by Gasteiger charge is 2.49. The van der Waals surface area contributed by atoms with Gasteiger partial charge in [-0.15, -0.1) is 0 Å². The van der Waals surface area contributed by atoms with Crippen molar-refractivity contribution in [3.8, 4) is 17.2 Å². The Morgan fingerprint density at radius 3 is 2.27 bits per heavy atom. The summed E-state index contributed by atoms with van der Waals surface area (Å²) in [5.74, 6) is -0.215. The van der Waals surface area contributed by atoms with Crippen molar-refractivity contribution in [1.29, 1.82) is 0 Å². The molecule has 1 N–H and O–H groups in total. The summed E-state index contributed by atoms with van der Waals surface area (Å²) in [6.07, 6.45) is 4.16. The lowest BCUT2D eigenvalue weighted by Crippen LogP contribution is -2.42. The Morgan fingerprint density at radius 2 is 1.65 bits per heavy atom. The average molecular weight is 511 g/mol. The average Bonchev–Trinajstić information content (AvgIpc) is 3.55. The largest absolute Gasteiger partial charge is 0.497 e. The summed E-state index contributed by atoms with van der Waals surface area (Å²) in [5, 5.41) is 10.5. The van der Waals surface area contributed by atoms with Gasteiger partial charge in [0.1, 0.15) is 5.75 Å². The van der Waals surface area contributed by atoms with E-state index in [2.05, 4.69) is 18.7 Å². The van der Waals surface area contributed by atoms with Crippen LogP contribution in [-0.4, -0.2) is 66.9 Å². The predicted octanol–water partition coefficient (Wildman–Crippen LogP) is 4.69. The highest BCUT2D eigenvalue weighted by atomic mass is 16.7. The van der Waals surface area contributed by atoms with Crippen LogP contribution in [0.5, 0.6) is 17.2 Å². The monoisotopic (exact) mass is 510 g/mol. The van der Waals surface area contributed by atoms with E-state index in [9.17, 15) is 14.7 Å². The molecule has 0 spiro atoms. The van der Waals surface area contributed by atoms with Crippen LogP contribution in [0, 0.1) is 5.92 Å². The van der Waals surface area contributed by atoms with Gasteiger partial charge in [-0.1, -0.05) is 44.9 Å². The first kappa shape index (κ1) is 26.8. The molecule has 2 aliphatic heterocycles. The minimum atomic E-state index is -0.924. The number of hydrogen-bond donors (Lipinski definition) is 1. The van der Waals surface area contributed by atoms with E-state index in [4.69, 9.17) is 14.2 Å². The first-order valence-corrected chi connectivity index (χ1v) is 13.2. The molecule has 200 valence electrons. The molecule has 0 saturated carbocycles. The molecular weight excluding hydrogens is 472 g/mol. The number of carbonyl (C=O) groups is 2. The van der Waals surface area contributed by atoms with Gasteiger partial charge >= 0.3 is 5.97 Å². The van der Waals surface area contributed by atoms with E-state index in [-0.39, 0.29) is 25.2 Å². The third-order valence-corrected chi connectivity index (χ3v) is 7.41. The summed E-state index contributed by atoms with van der Waals surface area (Å²) in [6, 6.07) is 12.4. The number of fused-ring (bicyclic) bond motifs is 1. The van der Waals surface area contributed by atoms with E-state index in [0.29, 0.717) is 23.8 Å². The number of ether oxygens (including phenoxy) is 3. The maximum absolute atomic E-state index is 13.8. The zero-order chi connectivity index (χ0) is 26.4. The molecule has 2 aliphatic rings. The SMILES string of the molecule is CCCCN(CCCC)CC(=O)N1C[C@H](c2ccc3c(c2)OCO3)[C@H](C(=O)O)[C@H]1c1ccc(OC)cc1. The van der Waals surface area contributed by atoms with E-state index in [1.54, 1.807) is 12.0 Å². The summed E-state index contributed by atoms with van der Waals surface area (Å²) in [4.78, 5) is 30.6. The number of carboxylic acid groups (broad SMARTS) is 1. The van der Waals surface area contributed by atoms with Crippen molar-refractivity contribution in [2.24, 2.45) is 5.92 Å². The molecule has 8 heteroatoms. The van der Waals surface area contributed by atoms with Crippen LogP contribution >= 0.6 is 0 Å². The van der Waals surface area contributed by atoms with Crippen molar-refractivity contribution >= 4 is 11.9 Å². The number of benzene rings is 2. The fraction of sp³-hybridized carbons (Fsp3) is 0.517. The van der Waals surface area contributed by atoms with Crippen LogP contribution in [0.15, 0.2) is 42.5 Å². The second-order valence-electron chi connectivity index (χ2n) is 9.83. The third-order valence-electron chi connectivity index (χ3n) is 7.41. The summed E-state index contributed by atoms with van der Waals surface area (Å²) >= 11 is 0. The maximum Gasteiger partial charge on any atom is 0.309 e. The molecule has 4 rings (SSSR count). The number of aliphatic carboxylic acids is 1. The van der Waals surface area contributed by atoms with Crippen LogP contribution < -0.4 is 14.2 Å². The molecule has 0 aromatic heterocycles. The number of carbonyl (C=O) groups excluding carboxylic acids is 1. The second kappa shape index (κ2) is 12.3. The van der Waals surface area contributed by atoms with Gasteiger partial charge in [0, 0.05) is 12.5 Å². The molecule has 0 bridgehead atoms. The molecule has 0 unspecified atom stereocenters. The molecule has 0 aliphatic carbocycles. The summed E-state index contributed by atoms with van der Waals surface area (Å²) in [6.45, 7) is 6.76. The Kier molecular flexibility index (Phi) is 8.92. The molecule has 2 aromatic carbocycles. The number of carboxylic acids is 1. The molecule has 2 aromatic rings. The fourth-order valence-corrected chi connectivity index (χ4v) is 5.38. The van der Waals surface area contributed by atoms with Gasteiger partial charge in [-0.25, -0.2) is 0 Å². The van der Waals surface area contributed by atoms with Crippen molar-refractivity contribution in [2.75, 3.05) is 40.1 Å². The van der Waals surface area contributed by atoms with E-state index in [1.807, 2.05) is 42.5 Å². The normalized spacial score (nSPS) is 20.4. The summed E-state index contributed by atoms with van der Waals surface area (Å²) < 4.78 is 16.3. The van der Waals surface area contributed by atoms with Crippen LogP contribution in [0.4, 0.5) is 0 Å². The summed E-state index contributed by atoms with van der Waals surface area (Å²) in [7, 11) is 1.59. The lowest BCUT2D eigenvalue weighted by molar-refractivity contribution is -0.144. The van der Waals surface area contributed by atoms with Crippen molar-refractivity contribution < 1.29 is 28.9 Å². The topological polar surface area (TPSA) is 88.5 Å². The van der Waals surface area contributed by atoms with Gasteiger partial charge in [0.25, 0.3) is 0 Å². The lowest BCUT2D eigenvalue weighted by atomic mass is 9.82. The number of rotatable bonds is 12. The number of unbranched alkanes of at least 4 members (excludes halogenated alkanes) is 2. The van der Waals surface area contributed by atoms with Crippen molar-refractivity contribution in [1.82, 2.24) is 9.80 Å². The van der Waals surface area contributed by atoms with Gasteiger partial charge in [0.15, 0.2) is 11.5 Å². The lowest BCUT2D eigenvalue weighted by Gasteiger charge is -2.30. The van der Waals surface area contributed by atoms with Gasteiger partial charge in [-0.2, -0.15) is 0 Å². The van der Waals surface area contributed by atoms with E-state index in [1.165, 1.54) is 0 Å². The van der Waals surface area contributed by atoms with Gasteiger partial charge in [-0.05, 0) is 61.3 Å². The van der Waals surface area contributed by atoms with Gasteiger partial charge < -0.3 is 24.2 Å². The van der Waals surface area contributed by atoms with Crippen LogP contribution in [0.2, 0.25) is 0 Å². The number of nitrogens with zero attached hydrogens (tertiary/aromatic N) is 2. The van der Waals surface area contributed by atoms with E-state index >= 15 is 0 Å². The first-order chi connectivity index (χ1) is 18.0. The quantitative estimate of drug-likeness (QED) is 0.443. The highest BCUT2D eigenvalue weighted by Crippen LogP contribution is 2.48. The minimum Gasteiger partial charge on any atom is -0.497 e. The number of hydrogen-bond acceptors (Lipinski definition) is 6. The number of likely N-dealkylation sites (tertiary alicyclic amines) is 1. The van der Waals surface area contributed by atoms with Gasteiger partial charge in [-0.3, -0.25) is 14.5 Å². The second-order valence-corrected chi connectivity index (χ2v) is 9.83. The molecule has 1 amide bonds. The van der Waals surface area contributed by atoms with Crippen LogP contribution in [0.1, 0.15) is 62.6 Å². The van der Waals surface area contributed by atoms with Crippen LogP contribution in [0.3, 0.4) is 0 Å². The standard InChI is InChI=1S/C29H38N2O6/c1-4-6-14-30(15-7-5-2)18-26(32)31-17-23(21-10-13-24-25(16-21)37-19-36-24)27(29(33)34)28(31)20-8-11-22(35-3)12-9-20/h8-13,16,23,27-28H,4-7,14-15,17-19H2,1-3H3,(H,33,34)/t23-,27+,28-/m1/s1. The Bertz CT molecular complexity index is 1060. The van der Waals surface area contributed by atoms with Crippen molar-refractivity contribution in [2.45, 2.75) is 51.5 Å². The Balaban J connectivity index is 1.68. The zero-order valence-corrected chi connectivity index (χ0v) is 22.0. The minimum absolute atomic E-state index is 0.0393. The predicted molar refractivity (Wildman–Crippen MR) is 140 cm³/mol. The molecule has 2 heterocycles. The summed E-state index contributed by atoms with van der Waals surface area (Å²) in [5.41, 5.74) is 1.62. The molecule has 37 heavy (non-hydrogen) atoms. The molecular formula is C29H38N2O6. The Hall–Kier alpha value is -3.26. The smallest absolute Gasteiger partial charge is 0.309 e. The number of amides is 1. The molecule has 8 nitrogen and oxygen atoms in total.